The molecule has 1 fully saturated rings. The number of nitrogens with one attached hydrogen (secondary N) is 3. The molecule has 1 aliphatic heterocycles. The summed E-state index contributed by atoms with van der Waals surface area (Å²) < 4.78 is 6.18. The number of hydrogen-bond donors (Lipinski definition) is 3. The van der Waals surface area contributed by atoms with Crippen molar-refractivity contribution in [2.24, 2.45) is 0 Å². The molecule has 23 heavy (non-hydrogen) atoms. The third-order valence-electron chi connectivity index (χ3n) is 3.35. The van der Waals surface area contributed by atoms with Gasteiger partial charge in [0.25, 0.3) is 0 Å². The summed E-state index contributed by atoms with van der Waals surface area (Å²) >= 11 is 3.36. The van der Waals surface area contributed by atoms with E-state index >= 15 is 0 Å². The van der Waals surface area contributed by atoms with Crippen LogP contribution < -0.4 is 16.0 Å². The molecule has 1 heterocycles. The molecule has 0 saturated carbocycles. The first kappa shape index (κ1) is 19.9. The zero-order valence-corrected chi connectivity index (χ0v) is 15.3. The molecule has 2 rings (SSSR count). The lowest BCUT2D eigenvalue weighted by atomic mass is 10.2. The van der Waals surface area contributed by atoms with Crippen LogP contribution >= 0.6 is 28.3 Å². The Bertz CT molecular complexity index is 551. The van der Waals surface area contributed by atoms with E-state index in [1.54, 1.807) is 0 Å². The van der Waals surface area contributed by atoms with Gasteiger partial charge in [0.15, 0.2) is 0 Å². The molecule has 3 N–H and O–H groups in total. The second-order valence-corrected chi connectivity index (χ2v) is 6.13. The van der Waals surface area contributed by atoms with Gasteiger partial charge in [0, 0.05) is 29.2 Å². The van der Waals surface area contributed by atoms with Gasteiger partial charge in [0.1, 0.15) is 0 Å². The summed E-state index contributed by atoms with van der Waals surface area (Å²) in [7, 11) is 0. The maximum absolute atomic E-state index is 11.9. The number of aryl methyl sites for hydroxylation is 1. The maximum atomic E-state index is 11.9. The summed E-state index contributed by atoms with van der Waals surface area (Å²) in [5, 5.41) is 8.61. The lowest BCUT2D eigenvalue weighted by Crippen LogP contribution is -2.45. The van der Waals surface area contributed by atoms with Crippen LogP contribution in [0.15, 0.2) is 22.7 Å². The topological polar surface area (TPSA) is 79.5 Å². The quantitative estimate of drug-likeness (QED) is 0.694. The number of ether oxygens (including phenoxy) is 1. The second-order valence-electron chi connectivity index (χ2n) is 5.21. The molecule has 1 atom stereocenters. The number of carbonyl (C=O) groups is 2. The molecule has 128 valence electrons. The Morgan fingerprint density at radius 1 is 1.39 bits per heavy atom. The minimum absolute atomic E-state index is 0. The fourth-order valence-corrected chi connectivity index (χ4v) is 2.51. The molecule has 8 heteroatoms. The number of halogens is 2. The molecule has 1 saturated heterocycles. The standard InChI is InChI=1S/C15H20BrN3O3.ClH/c1-10-2-3-11(16)6-13(10)19-15(21)8-18-14(20)7-12-9-22-5-4-17-12;/h2-3,6,12,17H,4-5,7-9H2,1H3,(H,18,20)(H,19,21);1H. The van der Waals surface area contributed by atoms with Crippen LogP contribution in [-0.2, 0) is 14.3 Å². The van der Waals surface area contributed by atoms with Gasteiger partial charge in [-0.25, -0.2) is 0 Å². The summed E-state index contributed by atoms with van der Waals surface area (Å²) in [6.45, 7) is 3.82. The minimum Gasteiger partial charge on any atom is -0.378 e. The Morgan fingerprint density at radius 2 is 2.17 bits per heavy atom. The van der Waals surface area contributed by atoms with Crippen molar-refractivity contribution in [2.75, 3.05) is 31.6 Å². The first-order valence-electron chi connectivity index (χ1n) is 7.18. The van der Waals surface area contributed by atoms with Gasteiger partial charge in [-0.05, 0) is 24.6 Å². The number of rotatable bonds is 5. The van der Waals surface area contributed by atoms with E-state index in [0.29, 0.717) is 19.6 Å². The highest BCUT2D eigenvalue weighted by atomic mass is 79.9. The molecule has 1 aromatic carbocycles. The predicted molar refractivity (Wildman–Crippen MR) is 95.0 cm³/mol. The summed E-state index contributed by atoms with van der Waals surface area (Å²) in [5.41, 5.74) is 1.70. The van der Waals surface area contributed by atoms with Gasteiger partial charge in [-0.2, -0.15) is 0 Å². The number of hydrogen-bond acceptors (Lipinski definition) is 4. The van der Waals surface area contributed by atoms with Crippen LogP contribution in [0, 0.1) is 6.92 Å². The highest BCUT2D eigenvalue weighted by molar-refractivity contribution is 9.10. The molecule has 2 amide bonds. The Kier molecular flexibility index (Phi) is 8.54. The summed E-state index contributed by atoms with van der Waals surface area (Å²) in [5.74, 6) is -0.411. The summed E-state index contributed by atoms with van der Waals surface area (Å²) in [6.07, 6.45) is 0.309. The van der Waals surface area contributed by atoms with E-state index in [1.165, 1.54) is 0 Å². The van der Waals surface area contributed by atoms with Gasteiger partial charge in [-0.15, -0.1) is 12.4 Å². The fourth-order valence-electron chi connectivity index (χ4n) is 2.15. The van der Waals surface area contributed by atoms with Gasteiger partial charge >= 0.3 is 0 Å². The highest BCUT2D eigenvalue weighted by Gasteiger charge is 2.17. The third-order valence-corrected chi connectivity index (χ3v) is 3.84. The van der Waals surface area contributed by atoms with Crippen molar-refractivity contribution < 1.29 is 14.3 Å². The van der Waals surface area contributed by atoms with Crippen LogP contribution in [0.1, 0.15) is 12.0 Å². The second kappa shape index (κ2) is 9.87. The molecule has 1 aliphatic rings. The zero-order chi connectivity index (χ0) is 15.9. The van der Waals surface area contributed by atoms with E-state index in [-0.39, 0.29) is 36.8 Å². The van der Waals surface area contributed by atoms with E-state index in [0.717, 1.165) is 22.3 Å². The van der Waals surface area contributed by atoms with Crippen LogP contribution in [0.25, 0.3) is 0 Å². The monoisotopic (exact) mass is 405 g/mol. The highest BCUT2D eigenvalue weighted by Crippen LogP contribution is 2.20. The normalized spacial score (nSPS) is 17.0. The van der Waals surface area contributed by atoms with Crippen molar-refractivity contribution in [3.05, 3.63) is 28.2 Å². The SMILES string of the molecule is Cc1ccc(Br)cc1NC(=O)CNC(=O)CC1COCCN1.Cl. The van der Waals surface area contributed by atoms with E-state index in [2.05, 4.69) is 31.9 Å². The zero-order valence-electron chi connectivity index (χ0n) is 12.9. The Balaban J connectivity index is 0.00000264. The number of morpholine rings is 1. The molecule has 1 unspecified atom stereocenters. The molecule has 0 aliphatic carbocycles. The number of amides is 2. The average Bonchev–Trinajstić information content (AvgIpc) is 2.50. The minimum atomic E-state index is -0.248. The Hall–Kier alpha value is -1.15. The van der Waals surface area contributed by atoms with E-state index < -0.39 is 0 Å². The fraction of sp³-hybridized carbons (Fsp3) is 0.467. The molecular formula is C15H21BrClN3O3. The smallest absolute Gasteiger partial charge is 0.243 e. The molecule has 0 spiro atoms. The van der Waals surface area contributed by atoms with Crippen LogP contribution in [0.3, 0.4) is 0 Å². The van der Waals surface area contributed by atoms with Crippen molar-refractivity contribution in [3.8, 4) is 0 Å². The first-order valence-corrected chi connectivity index (χ1v) is 7.97. The van der Waals surface area contributed by atoms with Crippen molar-refractivity contribution >= 4 is 45.8 Å². The first-order chi connectivity index (χ1) is 10.5. The van der Waals surface area contributed by atoms with Crippen molar-refractivity contribution in [3.63, 3.8) is 0 Å². The van der Waals surface area contributed by atoms with Crippen LogP contribution in [0.5, 0.6) is 0 Å². The van der Waals surface area contributed by atoms with Gasteiger partial charge < -0.3 is 20.7 Å². The molecular weight excluding hydrogens is 386 g/mol. The number of carbonyl (C=O) groups excluding carboxylic acids is 2. The van der Waals surface area contributed by atoms with Gasteiger partial charge in [-0.3, -0.25) is 9.59 Å². The van der Waals surface area contributed by atoms with Crippen LogP contribution in [0.2, 0.25) is 0 Å². The Labute approximate surface area is 150 Å². The largest absolute Gasteiger partial charge is 0.378 e. The van der Waals surface area contributed by atoms with Crippen LogP contribution in [-0.4, -0.2) is 44.2 Å². The molecule has 0 bridgehead atoms. The van der Waals surface area contributed by atoms with Crippen LogP contribution in [0.4, 0.5) is 5.69 Å². The lowest BCUT2D eigenvalue weighted by Gasteiger charge is -2.23. The van der Waals surface area contributed by atoms with E-state index in [1.807, 2.05) is 25.1 Å². The average molecular weight is 407 g/mol. The van der Waals surface area contributed by atoms with Crippen molar-refractivity contribution in [2.45, 2.75) is 19.4 Å². The van der Waals surface area contributed by atoms with Crippen molar-refractivity contribution in [1.82, 2.24) is 10.6 Å². The predicted octanol–water partition coefficient (Wildman–Crippen LogP) is 1.61. The summed E-state index contributed by atoms with van der Waals surface area (Å²) in [6, 6.07) is 5.67. The Morgan fingerprint density at radius 3 is 2.87 bits per heavy atom. The van der Waals surface area contributed by atoms with E-state index in [4.69, 9.17) is 4.74 Å². The van der Waals surface area contributed by atoms with Gasteiger partial charge in [0.2, 0.25) is 11.8 Å². The summed E-state index contributed by atoms with van der Waals surface area (Å²) in [4.78, 5) is 23.7. The molecule has 1 aromatic rings. The van der Waals surface area contributed by atoms with Crippen molar-refractivity contribution in [1.29, 1.82) is 0 Å². The number of benzene rings is 1. The molecule has 6 nitrogen and oxygen atoms in total. The van der Waals surface area contributed by atoms with Gasteiger partial charge in [0.05, 0.1) is 19.8 Å². The molecule has 0 aromatic heterocycles. The van der Waals surface area contributed by atoms with Gasteiger partial charge in [-0.1, -0.05) is 22.0 Å². The van der Waals surface area contributed by atoms with E-state index in [9.17, 15) is 9.59 Å². The maximum Gasteiger partial charge on any atom is 0.243 e. The molecule has 0 radical (unpaired) electrons. The lowest BCUT2D eigenvalue weighted by molar-refractivity contribution is -0.125. The third kappa shape index (κ3) is 6.87. The number of anilines is 1.